The molecule has 1 unspecified atom stereocenters. The van der Waals surface area contributed by atoms with Gasteiger partial charge in [-0.2, -0.15) is 0 Å². The van der Waals surface area contributed by atoms with Crippen LogP contribution in [0.3, 0.4) is 0 Å². The topological polar surface area (TPSA) is 93.5 Å². The van der Waals surface area contributed by atoms with Gasteiger partial charge in [-0.3, -0.25) is 14.9 Å². The van der Waals surface area contributed by atoms with Crippen LogP contribution < -0.4 is 10.6 Å². The van der Waals surface area contributed by atoms with E-state index in [1.165, 1.54) is 12.1 Å². The van der Waals surface area contributed by atoms with E-state index < -0.39 is 16.4 Å². The number of nitro benzene ring substituents is 1. The Hall–Kier alpha value is -2.15. The number of ether oxygens (including phenoxy) is 1. The second-order valence-electron chi connectivity index (χ2n) is 5.06. The molecule has 108 valence electrons. The summed E-state index contributed by atoms with van der Waals surface area (Å²) < 4.78 is 5.26. The molecule has 1 aromatic rings. The van der Waals surface area contributed by atoms with Crippen LogP contribution >= 0.6 is 0 Å². The Balaban J connectivity index is 2.29. The first kappa shape index (κ1) is 14.3. The highest BCUT2D eigenvalue weighted by atomic mass is 16.6. The third kappa shape index (κ3) is 2.88. The number of hydrogen-bond donors (Lipinski definition) is 2. The zero-order chi connectivity index (χ0) is 14.8. The summed E-state index contributed by atoms with van der Waals surface area (Å²) in [5.74, 6) is -0.457. The minimum atomic E-state index is -0.554. The van der Waals surface area contributed by atoms with Crippen molar-refractivity contribution in [1.29, 1.82) is 0 Å². The first-order valence-corrected chi connectivity index (χ1v) is 6.32. The number of carbonyl (C=O) groups excluding carboxylic acids is 1. The van der Waals surface area contributed by atoms with Gasteiger partial charge < -0.3 is 15.4 Å². The van der Waals surface area contributed by atoms with Crippen molar-refractivity contribution in [3.63, 3.8) is 0 Å². The monoisotopic (exact) mass is 279 g/mol. The summed E-state index contributed by atoms with van der Waals surface area (Å²) in [5.41, 5.74) is 0.0215. The van der Waals surface area contributed by atoms with Gasteiger partial charge in [0.15, 0.2) is 0 Å². The molecule has 1 fully saturated rings. The summed E-state index contributed by atoms with van der Waals surface area (Å²) >= 11 is 0. The second kappa shape index (κ2) is 5.46. The van der Waals surface area contributed by atoms with Crippen molar-refractivity contribution in [1.82, 2.24) is 5.32 Å². The zero-order valence-corrected chi connectivity index (χ0v) is 11.4. The number of nitro groups is 1. The molecule has 2 N–H and O–H groups in total. The Bertz CT molecular complexity index is 538. The van der Waals surface area contributed by atoms with Gasteiger partial charge in [0.05, 0.1) is 17.1 Å². The molecule has 1 saturated heterocycles. The quantitative estimate of drug-likeness (QED) is 0.644. The molecule has 7 nitrogen and oxygen atoms in total. The van der Waals surface area contributed by atoms with E-state index in [9.17, 15) is 14.9 Å². The molecule has 7 heteroatoms. The van der Waals surface area contributed by atoms with E-state index in [-0.39, 0.29) is 11.3 Å². The maximum absolute atomic E-state index is 12.3. The SMILES string of the molecule is CNc1ccc([N+](=O)[O-])c(C(=O)NC2(C)CCOC2)c1. The Morgan fingerprint density at radius 1 is 1.50 bits per heavy atom. The van der Waals surface area contributed by atoms with Gasteiger partial charge >= 0.3 is 0 Å². The Morgan fingerprint density at radius 2 is 2.25 bits per heavy atom. The van der Waals surface area contributed by atoms with E-state index in [0.29, 0.717) is 25.3 Å². The molecule has 0 aliphatic carbocycles. The fourth-order valence-corrected chi connectivity index (χ4v) is 2.14. The number of benzene rings is 1. The average molecular weight is 279 g/mol. The van der Waals surface area contributed by atoms with Crippen molar-refractivity contribution in [2.45, 2.75) is 18.9 Å². The van der Waals surface area contributed by atoms with E-state index >= 15 is 0 Å². The van der Waals surface area contributed by atoms with Gasteiger partial charge in [0, 0.05) is 25.4 Å². The van der Waals surface area contributed by atoms with Crippen LogP contribution in [0.2, 0.25) is 0 Å². The first-order valence-electron chi connectivity index (χ1n) is 6.32. The van der Waals surface area contributed by atoms with Crippen LogP contribution in [0, 0.1) is 10.1 Å². The molecular weight excluding hydrogens is 262 g/mol. The molecule has 0 spiro atoms. The second-order valence-corrected chi connectivity index (χ2v) is 5.06. The summed E-state index contributed by atoms with van der Waals surface area (Å²) in [7, 11) is 1.69. The number of hydrogen-bond acceptors (Lipinski definition) is 5. The number of anilines is 1. The molecule has 1 atom stereocenters. The molecule has 20 heavy (non-hydrogen) atoms. The highest BCUT2D eigenvalue weighted by Gasteiger charge is 2.33. The Kier molecular flexibility index (Phi) is 3.89. The lowest BCUT2D eigenvalue weighted by atomic mass is 10.0. The average Bonchev–Trinajstić information content (AvgIpc) is 2.84. The number of rotatable bonds is 4. The molecule has 0 radical (unpaired) electrons. The van der Waals surface area contributed by atoms with Crippen molar-refractivity contribution in [3.8, 4) is 0 Å². The number of carbonyl (C=O) groups is 1. The van der Waals surface area contributed by atoms with Crippen LogP contribution in [-0.2, 0) is 4.74 Å². The minimum Gasteiger partial charge on any atom is -0.388 e. The molecule has 2 rings (SSSR count). The standard InChI is InChI=1S/C13H17N3O4/c1-13(5-6-20-8-13)15-12(17)10-7-9(14-2)3-4-11(10)16(18)19/h3-4,7,14H,5-6,8H2,1-2H3,(H,15,17). The molecule has 1 aromatic carbocycles. The summed E-state index contributed by atoms with van der Waals surface area (Å²) in [6.45, 7) is 2.86. The van der Waals surface area contributed by atoms with Crippen LogP contribution in [0.1, 0.15) is 23.7 Å². The van der Waals surface area contributed by atoms with E-state index in [0.717, 1.165) is 0 Å². The lowest BCUT2D eigenvalue weighted by Crippen LogP contribution is -2.46. The summed E-state index contributed by atoms with van der Waals surface area (Å²) in [6, 6.07) is 4.37. The zero-order valence-electron chi connectivity index (χ0n) is 11.4. The van der Waals surface area contributed by atoms with E-state index in [4.69, 9.17) is 4.74 Å². The van der Waals surface area contributed by atoms with Crippen molar-refractivity contribution in [3.05, 3.63) is 33.9 Å². The third-order valence-corrected chi connectivity index (χ3v) is 3.36. The molecule has 1 amide bonds. The predicted molar refractivity (Wildman–Crippen MR) is 74.0 cm³/mol. The van der Waals surface area contributed by atoms with Crippen LogP contribution in [0.15, 0.2) is 18.2 Å². The van der Waals surface area contributed by atoms with Crippen molar-refractivity contribution in [2.75, 3.05) is 25.6 Å². The smallest absolute Gasteiger partial charge is 0.282 e. The van der Waals surface area contributed by atoms with Gasteiger partial charge in [0.25, 0.3) is 11.6 Å². The van der Waals surface area contributed by atoms with E-state index in [2.05, 4.69) is 10.6 Å². The lowest BCUT2D eigenvalue weighted by Gasteiger charge is -2.23. The molecule has 0 saturated carbocycles. The summed E-state index contributed by atoms with van der Waals surface area (Å²) in [6.07, 6.45) is 0.693. The molecule has 0 bridgehead atoms. The molecule has 1 heterocycles. The van der Waals surface area contributed by atoms with Crippen LogP contribution in [0.25, 0.3) is 0 Å². The summed E-state index contributed by atoms with van der Waals surface area (Å²) in [5, 5.41) is 16.7. The fraction of sp³-hybridized carbons (Fsp3) is 0.462. The van der Waals surface area contributed by atoms with E-state index in [1.807, 2.05) is 6.92 Å². The summed E-state index contributed by atoms with van der Waals surface area (Å²) in [4.78, 5) is 22.8. The highest BCUT2D eigenvalue weighted by Crippen LogP contribution is 2.24. The van der Waals surface area contributed by atoms with Gasteiger partial charge in [0.2, 0.25) is 0 Å². The molecule has 1 aliphatic heterocycles. The maximum atomic E-state index is 12.3. The number of nitrogens with one attached hydrogen (secondary N) is 2. The Labute approximate surface area is 116 Å². The first-order chi connectivity index (χ1) is 9.45. The lowest BCUT2D eigenvalue weighted by molar-refractivity contribution is -0.385. The normalized spacial score (nSPS) is 21.5. The van der Waals surface area contributed by atoms with Crippen LogP contribution in [0.4, 0.5) is 11.4 Å². The molecule has 0 aromatic heterocycles. The Morgan fingerprint density at radius 3 is 2.80 bits per heavy atom. The number of amides is 1. The molecular formula is C13H17N3O4. The van der Waals surface area contributed by atoms with Crippen LogP contribution in [-0.4, -0.2) is 36.6 Å². The van der Waals surface area contributed by atoms with Gasteiger partial charge in [0.1, 0.15) is 5.56 Å². The van der Waals surface area contributed by atoms with Crippen molar-refractivity contribution in [2.24, 2.45) is 0 Å². The predicted octanol–water partition coefficient (Wildman–Crippen LogP) is 1.55. The van der Waals surface area contributed by atoms with Crippen LogP contribution in [0.5, 0.6) is 0 Å². The minimum absolute atomic E-state index is 0.0509. The largest absolute Gasteiger partial charge is 0.388 e. The highest BCUT2D eigenvalue weighted by molar-refractivity contribution is 5.99. The van der Waals surface area contributed by atoms with Gasteiger partial charge in [-0.1, -0.05) is 0 Å². The third-order valence-electron chi connectivity index (χ3n) is 3.36. The van der Waals surface area contributed by atoms with Gasteiger partial charge in [-0.25, -0.2) is 0 Å². The van der Waals surface area contributed by atoms with Crippen molar-refractivity contribution >= 4 is 17.3 Å². The maximum Gasteiger partial charge on any atom is 0.282 e. The van der Waals surface area contributed by atoms with E-state index in [1.54, 1.807) is 13.1 Å². The van der Waals surface area contributed by atoms with Gasteiger partial charge in [-0.05, 0) is 25.5 Å². The van der Waals surface area contributed by atoms with Gasteiger partial charge in [-0.15, -0.1) is 0 Å². The van der Waals surface area contributed by atoms with Crippen molar-refractivity contribution < 1.29 is 14.5 Å². The fourth-order valence-electron chi connectivity index (χ4n) is 2.14. The number of nitrogens with zero attached hydrogens (tertiary/aromatic N) is 1. The molecule has 1 aliphatic rings.